The molecule has 2 aliphatic rings. The van der Waals surface area contributed by atoms with Crippen LogP contribution in [0.3, 0.4) is 0 Å². The number of hydrogen-bond donors (Lipinski definition) is 1. The standard InChI is InChI=1S/C16H21ClN2O2.ClH/c17-13-4-1-3-12(9-13)15-11-18-6-7-19(15)16(20)10-14-5-2-8-21-14;/h1,3-4,9,14-15,18H,2,5-8,10-11H2;1H. The maximum atomic E-state index is 12.6. The van der Waals surface area contributed by atoms with E-state index in [4.69, 9.17) is 16.3 Å². The molecule has 4 nitrogen and oxygen atoms in total. The van der Waals surface area contributed by atoms with Crippen LogP contribution >= 0.6 is 24.0 Å². The number of ether oxygens (including phenoxy) is 1. The maximum absolute atomic E-state index is 12.6. The highest BCUT2D eigenvalue weighted by Gasteiger charge is 2.30. The average Bonchev–Trinajstić information content (AvgIpc) is 3.00. The zero-order valence-corrected chi connectivity index (χ0v) is 14.0. The largest absolute Gasteiger partial charge is 0.378 e. The lowest BCUT2D eigenvalue weighted by Crippen LogP contribution is -2.49. The predicted octanol–water partition coefficient (Wildman–Crippen LogP) is 2.80. The van der Waals surface area contributed by atoms with E-state index < -0.39 is 0 Å². The fourth-order valence-corrected chi connectivity index (χ4v) is 3.33. The van der Waals surface area contributed by atoms with Crippen molar-refractivity contribution in [2.45, 2.75) is 31.4 Å². The Kier molecular flexibility index (Phi) is 6.50. The fraction of sp³-hybridized carbons (Fsp3) is 0.562. The highest BCUT2D eigenvalue weighted by Crippen LogP contribution is 2.26. The van der Waals surface area contributed by atoms with E-state index in [0.29, 0.717) is 11.4 Å². The van der Waals surface area contributed by atoms with E-state index in [0.717, 1.165) is 44.6 Å². The second-order valence-corrected chi connectivity index (χ2v) is 6.14. The van der Waals surface area contributed by atoms with Crippen LogP contribution in [0.1, 0.15) is 30.9 Å². The van der Waals surface area contributed by atoms with E-state index in [1.54, 1.807) is 0 Å². The lowest BCUT2D eigenvalue weighted by atomic mass is 10.0. The molecule has 3 rings (SSSR count). The molecule has 22 heavy (non-hydrogen) atoms. The Bertz CT molecular complexity index is 507. The number of rotatable bonds is 3. The quantitative estimate of drug-likeness (QED) is 0.916. The van der Waals surface area contributed by atoms with E-state index in [-0.39, 0.29) is 30.5 Å². The summed E-state index contributed by atoms with van der Waals surface area (Å²) in [5, 5.41) is 4.08. The summed E-state index contributed by atoms with van der Waals surface area (Å²) in [6.07, 6.45) is 2.67. The van der Waals surface area contributed by atoms with Crippen LogP contribution in [0.25, 0.3) is 0 Å². The van der Waals surface area contributed by atoms with Crippen molar-refractivity contribution in [1.29, 1.82) is 0 Å². The average molecular weight is 345 g/mol. The SMILES string of the molecule is Cl.O=C(CC1CCCO1)N1CCNCC1c1cccc(Cl)c1. The van der Waals surface area contributed by atoms with Gasteiger partial charge in [-0.25, -0.2) is 0 Å². The molecule has 1 N–H and O–H groups in total. The van der Waals surface area contributed by atoms with Crippen LogP contribution in [-0.2, 0) is 9.53 Å². The van der Waals surface area contributed by atoms with Gasteiger partial charge in [-0.05, 0) is 30.5 Å². The second kappa shape index (κ2) is 8.16. The summed E-state index contributed by atoms with van der Waals surface area (Å²) in [6.45, 7) is 3.14. The van der Waals surface area contributed by atoms with Crippen molar-refractivity contribution >= 4 is 29.9 Å². The molecule has 0 spiro atoms. The Morgan fingerprint density at radius 2 is 2.32 bits per heavy atom. The molecule has 2 fully saturated rings. The summed E-state index contributed by atoms with van der Waals surface area (Å²) < 4.78 is 5.59. The zero-order valence-electron chi connectivity index (χ0n) is 12.5. The lowest BCUT2D eigenvalue weighted by Gasteiger charge is -2.37. The van der Waals surface area contributed by atoms with Gasteiger partial charge >= 0.3 is 0 Å². The lowest BCUT2D eigenvalue weighted by molar-refractivity contribution is -0.136. The van der Waals surface area contributed by atoms with Crippen LogP contribution in [0.15, 0.2) is 24.3 Å². The molecule has 0 bridgehead atoms. The van der Waals surface area contributed by atoms with E-state index in [1.165, 1.54) is 0 Å². The van der Waals surface area contributed by atoms with Gasteiger partial charge in [-0.2, -0.15) is 0 Å². The molecule has 122 valence electrons. The van der Waals surface area contributed by atoms with Crippen molar-refractivity contribution in [3.63, 3.8) is 0 Å². The molecule has 0 radical (unpaired) electrons. The summed E-state index contributed by atoms with van der Waals surface area (Å²) in [7, 11) is 0. The van der Waals surface area contributed by atoms with Gasteiger partial charge in [0.15, 0.2) is 0 Å². The van der Waals surface area contributed by atoms with Crippen molar-refractivity contribution in [2.24, 2.45) is 0 Å². The number of hydrogen-bond acceptors (Lipinski definition) is 3. The van der Waals surface area contributed by atoms with Crippen LogP contribution in [0.4, 0.5) is 0 Å². The normalized spacial score (nSPS) is 24.9. The van der Waals surface area contributed by atoms with Gasteiger partial charge in [0.05, 0.1) is 18.6 Å². The first-order valence-corrected chi connectivity index (χ1v) is 7.99. The van der Waals surface area contributed by atoms with Crippen LogP contribution in [0, 0.1) is 0 Å². The molecule has 2 saturated heterocycles. The van der Waals surface area contributed by atoms with Crippen LogP contribution in [0.2, 0.25) is 5.02 Å². The third-order valence-electron chi connectivity index (χ3n) is 4.22. The highest BCUT2D eigenvalue weighted by atomic mass is 35.5. The summed E-state index contributed by atoms with van der Waals surface area (Å²) in [6, 6.07) is 7.85. The van der Waals surface area contributed by atoms with Gasteiger partial charge < -0.3 is 15.0 Å². The van der Waals surface area contributed by atoms with Gasteiger partial charge in [0.1, 0.15) is 0 Å². The summed E-state index contributed by atoms with van der Waals surface area (Å²) >= 11 is 6.08. The summed E-state index contributed by atoms with van der Waals surface area (Å²) in [4.78, 5) is 14.6. The minimum Gasteiger partial charge on any atom is -0.378 e. The Balaban J connectivity index is 0.00000176. The van der Waals surface area contributed by atoms with Crippen LogP contribution < -0.4 is 5.32 Å². The van der Waals surface area contributed by atoms with E-state index >= 15 is 0 Å². The number of nitrogens with one attached hydrogen (secondary N) is 1. The number of carbonyl (C=O) groups excluding carboxylic acids is 1. The molecular formula is C16H22Cl2N2O2. The van der Waals surface area contributed by atoms with Crippen molar-refractivity contribution in [2.75, 3.05) is 26.2 Å². The number of carbonyl (C=O) groups is 1. The molecule has 2 heterocycles. The first-order valence-electron chi connectivity index (χ1n) is 7.61. The van der Waals surface area contributed by atoms with Crippen molar-refractivity contribution in [3.8, 4) is 0 Å². The van der Waals surface area contributed by atoms with Crippen LogP contribution in [0.5, 0.6) is 0 Å². The van der Waals surface area contributed by atoms with Crippen molar-refractivity contribution < 1.29 is 9.53 Å². The van der Waals surface area contributed by atoms with Crippen molar-refractivity contribution in [1.82, 2.24) is 10.2 Å². The maximum Gasteiger partial charge on any atom is 0.225 e. The predicted molar refractivity (Wildman–Crippen MR) is 89.6 cm³/mol. The van der Waals surface area contributed by atoms with Gasteiger partial charge in [-0.15, -0.1) is 12.4 Å². The summed E-state index contributed by atoms with van der Waals surface area (Å²) in [5.41, 5.74) is 1.09. The molecule has 1 amide bonds. The number of nitrogens with zero attached hydrogens (tertiary/aromatic N) is 1. The Morgan fingerprint density at radius 1 is 1.45 bits per heavy atom. The van der Waals surface area contributed by atoms with E-state index in [9.17, 15) is 4.79 Å². The van der Waals surface area contributed by atoms with Gasteiger partial charge in [-0.3, -0.25) is 4.79 Å². The van der Waals surface area contributed by atoms with Crippen LogP contribution in [-0.4, -0.2) is 43.2 Å². The zero-order chi connectivity index (χ0) is 14.7. The Hall–Kier alpha value is -0.810. The molecule has 1 aromatic rings. The third-order valence-corrected chi connectivity index (χ3v) is 4.46. The van der Waals surface area contributed by atoms with Crippen molar-refractivity contribution in [3.05, 3.63) is 34.9 Å². The fourth-order valence-electron chi connectivity index (χ4n) is 3.13. The number of halogens is 2. The molecule has 2 unspecified atom stereocenters. The minimum atomic E-state index is 0. The molecule has 0 aromatic heterocycles. The first-order chi connectivity index (χ1) is 10.2. The first kappa shape index (κ1) is 17.5. The molecule has 6 heteroatoms. The monoisotopic (exact) mass is 344 g/mol. The molecule has 1 aromatic carbocycles. The molecule has 2 aliphatic heterocycles. The molecular weight excluding hydrogens is 323 g/mol. The van der Waals surface area contributed by atoms with Gasteiger partial charge in [0, 0.05) is 31.3 Å². The molecule has 2 atom stereocenters. The number of piperazine rings is 1. The van der Waals surface area contributed by atoms with E-state index in [2.05, 4.69) is 5.32 Å². The molecule has 0 aliphatic carbocycles. The Labute approximate surface area is 142 Å². The second-order valence-electron chi connectivity index (χ2n) is 5.70. The number of amides is 1. The van der Waals surface area contributed by atoms with Gasteiger partial charge in [-0.1, -0.05) is 23.7 Å². The van der Waals surface area contributed by atoms with Gasteiger partial charge in [0.25, 0.3) is 0 Å². The van der Waals surface area contributed by atoms with E-state index in [1.807, 2.05) is 29.2 Å². The highest BCUT2D eigenvalue weighted by molar-refractivity contribution is 6.30. The Morgan fingerprint density at radius 3 is 3.05 bits per heavy atom. The number of benzene rings is 1. The van der Waals surface area contributed by atoms with Gasteiger partial charge in [0.2, 0.25) is 5.91 Å². The summed E-state index contributed by atoms with van der Waals surface area (Å²) in [5.74, 6) is 0.188. The minimum absolute atomic E-state index is 0. The third kappa shape index (κ3) is 4.13. The smallest absolute Gasteiger partial charge is 0.225 e. The topological polar surface area (TPSA) is 41.6 Å². The molecule has 0 saturated carbocycles.